The van der Waals surface area contributed by atoms with Crippen molar-refractivity contribution in [2.24, 2.45) is 0 Å². The van der Waals surface area contributed by atoms with Gasteiger partial charge in [0.25, 0.3) is 11.2 Å². The number of benzene rings is 2. The molecule has 0 atom stereocenters. The Kier molecular flexibility index (Phi) is 5.29. The average Bonchev–Trinajstić information content (AvgIpc) is 3.20. The molecule has 0 aliphatic heterocycles. The molecule has 160 valence electrons. The first-order valence-electron chi connectivity index (χ1n) is 9.43. The van der Waals surface area contributed by atoms with E-state index in [0.717, 1.165) is 4.57 Å². The lowest BCUT2D eigenvalue weighted by Crippen LogP contribution is -2.28. The van der Waals surface area contributed by atoms with Gasteiger partial charge in [-0.05, 0) is 25.1 Å². The number of carbonyl (C=O) groups excluding carboxylic acids is 2. The van der Waals surface area contributed by atoms with Crippen molar-refractivity contribution in [1.82, 2.24) is 19.3 Å². The third-order valence-electron chi connectivity index (χ3n) is 4.76. The summed E-state index contributed by atoms with van der Waals surface area (Å²) in [4.78, 5) is 52.0. The molecule has 0 fully saturated rings. The Morgan fingerprint density at radius 3 is 2.59 bits per heavy atom. The first-order valence-corrected chi connectivity index (χ1v) is 9.43. The second kappa shape index (κ2) is 8.22. The number of nitrogens with one attached hydrogen (secondary N) is 1. The fraction of sp³-hybridized carbons (Fsp3) is 0.0952. The number of aromatic nitrogens is 4. The van der Waals surface area contributed by atoms with Gasteiger partial charge in [0.1, 0.15) is 23.9 Å². The lowest BCUT2D eigenvalue weighted by molar-refractivity contribution is -0.384. The van der Waals surface area contributed by atoms with E-state index in [1.807, 2.05) is 0 Å². The fourth-order valence-corrected chi connectivity index (χ4v) is 3.28. The molecule has 11 nitrogen and oxygen atoms in total. The lowest BCUT2D eigenvalue weighted by atomic mass is 10.1. The lowest BCUT2D eigenvalue weighted by Gasteiger charge is -2.10. The minimum Gasteiger partial charge on any atom is -0.324 e. The highest BCUT2D eigenvalue weighted by Crippen LogP contribution is 2.24. The first-order chi connectivity index (χ1) is 15.4. The van der Waals surface area contributed by atoms with Crippen LogP contribution < -0.4 is 10.9 Å². The fourth-order valence-electron chi connectivity index (χ4n) is 3.28. The molecule has 0 radical (unpaired) electrons. The van der Waals surface area contributed by atoms with Gasteiger partial charge < -0.3 is 5.32 Å². The van der Waals surface area contributed by atoms with Crippen LogP contribution in [-0.4, -0.2) is 35.9 Å². The molecule has 0 spiro atoms. The molecular formula is C21H16N6O5. The van der Waals surface area contributed by atoms with Crippen LogP contribution in [0.15, 0.2) is 65.8 Å². The second-order valence-electron chi connectivity index (χ2n) is 6.87. The van der Waals surface area contributed by atoms with Gasteiger partial charge in [-0.15, -0.1) is 0 Å². The number of anilines is 1. The first kappa shape index (κ1) is 20.6. The van der Waals surface area contributed by atoms with Crippen LogP contribution in [0.5, 0.6) is 0 Å². The zero-order chi connectivity index (χ0) is 22.8. The smallest absolute Gasteiger partial charge is 0.294 e. The van der Waals surface area contributed by atoms with Gasteiger partial charge in [0.15, 0.2) is 11.4 Å². The predicted molar refractivity (Wildman–Crippen MR) is 115 cm³/mol. The zero-order valence-corrected chi connectivity index (χ0v) is 16.8. The van der Waals surface area contributed by atoms with Gasteiger partial charge in [-0.2, -0.15) is 5.10 Å². The molecule has 11 heteroatoms. The zero-order valence-electron chi connectivity index (χ0n) is 16.8. The third kappa shape index (κ3) is 3.74. The van der Waals surface area contributed by atoms with Crippen molar-refractivity contribution in [2.45, 2.75) is 13.5 Å². The minimum atomic E-state index is -0.548. The number of para-hydroxylation sites is 3. The Balaban J connectivity index is 1.65. The number of nitro benzene ring substituents is 1. The van der Waals surface area contributed by atoms with Crippen molar-refractivity contribution in [2.75, 3.05) is 5.32 Å². The average molecular weight is 432 g/mol. The maximum Gasteiger partial charge on any atom is 0.294 e. The molecular weight excluding hydrogens is 416 g/mol. The molecule has 4 rings (SSSR count). The van der Waals surface area contributed by atoms with Crippen molar-refractivity contribution >= 4 is 34.1 Å². The number of rotatable bonds is 6. The number of ketones is 1. The Labute approximate surface area is 180 Å². The molecule has 1 amide bonds. The predicted octanol–water partition coefficient (Wildman–Crippen LogP) is 2.33. The van der Waals surface area contributed by atoms with Crippen molar-refractivity contribution in [3.8, 4) is 5.69 Å². The molecule has 32 heavy (non-hydrogen) atoms. The Morgan fingerprint density at radius 1 is 1.12 bits per heavy atom. The maximum atomic E-state index is 12.9. The summed E-state index contributed by atoms with van der Waals surface area (Å²) in [5.74, 6) is -0.725. The highest BCUT2D eigenvalue weighted by molar-refractivity contribution is 6.03. The molecule has 0 bridgehead atoms. The van der Waals surface area contributed by atoms with Crippen LogP contribution in [0.3, 0.4) is 0 Å². The summed E-state index contributed by atoms with van der Waals surface area (Å²) in [6.45, 7) is 1.05. The van der Waals surface area contributed by atoms with Crippen LogP contribution in [0, 0.1) is 10.1 Å². The monoisotopic (exact) mass is 432 g/mol. The van der Waals surface area contributed by atoms with E-state index < -0.39 is 16.4 Å². The van der Waals surface area contributed by atoms with E-state index in [1.165, 1.54) is 42.3 Å². The molecule has 0 saturated heterocycles. The van der Waals surface area contributed by atoms with Crippen LogP contribution in [0.2, 0.25) is 0 Å². The molecule has 0 unspecified atom stereocenters. The van der Waals surface area contributed by atoms with Gasteiger partial charge in [0, 0.05) is 11.6 Å². The van der Waals surface area contributed by atoms with E-state index in [2.05, 4.69) is 15.4 Å². The summed E-state index contributed by atoms with van der Waals surface area (Å²) >= 11 is 0. The van der Waals surface area contributed by atoms with Crippen LogP contribution in [0.25, 0.3) is 16.7 Å². The number of amides is 1. The van der Waals surface area contributed by atoms with Crippen LogP contribution in [-0.2, 0) is 11.3 Å². The maximum absolute atomic E-state index is 12.9. The Morgan fingerprint density at radius 2 is 1.84 bits per heavy atom. The van der Waals surface area contributed by atoms with E-state index >= 15 is 0 Å². The quantitative estimate of drug-likeness (QED) is 0.280. The summed E-state index contributed by atoms with van der Waals surface area (Å²) in [5, 5.41) is 18.1. The molecule has 4 aromatic rings. The Hall–Kier alpha value is -4.67. The summed E-state index contributed by atoms with van der Waals surface area (Å²) in [5.41, 5.74) is 0.268. The molecule has 0 aliphatic rings. The Bertz CT molecular complexity index is 1440. The number of nitro groups is 1. The van der Waals surface area contributed by atoms with Gasteiger partial charge in [-0.1, -0.05) is 24.3 Å². The third-order valence-corrected chi connectivity index (χ3v) is 4.76. The largest absolute Gasteiger partial charge is 0.324 e. The van der Waals surface area contributed by atoms with E-state index in [1.54, 1.807) is 30.3 Å². The number of Topliss-reactive ketones (excluding diaryl/α,β-unsaturated/α-hetero) is 1. The van der Waals surface area contributed by atoms with Crippen molar-refractivity contribution in [1.29, 1.82) is 0 Å². The standard InChI is InChI=1S/C21H16N6O5/c1-13(28)14-6-2-3-7-16(14)24-19(29)11-25-12-22-20-15(21(25)30)10-23-26(20)17-8-4-5-9-18(17)27(31)32/h2-10,12H,11H2,1H3,(H,24,29). The molecule has 1 N–H and O–H groups in total. The number of hydrogen-bond donors (Lipinski definition) is 1. The number of fused-ring (bicyclic) bond motifs is 1. The highest BCUT2D eigenvalue weighted by atomic mass is 16.6. The van der Waals surface area contributed by atoms with Crippen molar-refractivity contribution in [3.05, 3.63) is 87.1 Å². The number of carbonyl (C=O) groups is 2. The van der Waals surface area contributed by atoms with Gasteiger partial charge in [0.05, 0.1) is 16.8 Å². The van der Waals surface area contributed by atoms with E-state index in [-0.39, 0.29) is 34.7 Å². The highest BCUT2D eigenvalue weighted by Gasteiger charge is 2.19. The summed E-state index contributed by atoms with van der Waals surface area (Å²) in [7, 11) is 0. The molecule has 2 aromatic heterocycles. The van der Waals surface area contributed by atoms with Crippen LogP contribution in [0.1, 0.15) is 17.3 Å². The van der Waals surface area contributed by atoms with Crippen molar-refractivity contribution in [3.63, 3.8) is 0 Å². The normalized spacial score (nSPS) is 10.8. The van der Waals surface area contributed by atoms with E-state index in [4.69, 9.17) is 0 Å². The molecule has 0 aliphatic carbocycles. The van der Waals surface area contributed by atoms with Gasteiger partial charge in [0.2, 0.25) is 5.91 Å². The molecule has 2 aromatic carbocycles. The van der Waals surface area contributed by atoms with Gasteiger partial charge >= 0.3 is 0 Å². The van der Waals surface area contributed by atoms with Crippen molar-refractivity contribution < 1.29 is 14.5 Å². The molecule has 2 heterocycles. The van der Waals surface area contributed by atoms with Crippen LogP contribution in [0.4, 0.5) is 11.4 Å². The van der Waals surface area contributed by atoms with Crippen LogP contribution >= 0.6 is 0 Å². The van der Waals surface area contributed by atoms with Gasteiger partial charge in [-0.3, -0.25) is 29.1 Å². The second-order valence-corrected chi connectivity index (χ2v) is 6.87. The minimum absolute atomic E-state index is 0.0996. The van der Waals surface area contributed by atoms with Gasteiger partial charge in [-0.25, -0.2) is 9.67 Å². The molecule has 0 saturated carbocycles. The topological polar surface area (TPSA) is 142 Å². The van der Waals surface area contributed by atoms with E-state index in [0.29, 0.717) is 11.3 Å². The van der Waals surface area contributed by atoms with E-state index in [9.17, 15) is 24.5 Å². The summed E-state index contributed by atoms with van der Waals surface area (Å²) in [6.07, 6.45) is 2.43. The summed E-state index contributed by atoms with van der Waals surface area (Å²) < 4.78 is 2.31. The number of nitrogens with zero attached hydrogens (tertiary/aromatic N) is 5. The summed E-state index contributed by atoms with van der Waals surface area (Å²) in [6, 6.07) is 12.5. The number of hydrogen-bond acceptors (Lipinski definition) is 7. The SMILES string of the molecule is CC(=O)c1ccccc1NC(=O)Cn1cnc2c(cnn2-c2ccccc2[N+](=O)[O-])c1=O.